The van der Waals surface area contributed by atoms with E-state index in [2.05, 4.69) is 11.8 Å². The van der Waals surface area contributed by atoms with Crippen LogP contribution in [0.4, 0.5) is 0 Å². The lowest BCUT2D eigenvalue weighted by molar-refractivity contribution is -0.163. The maximum absolute atomic E-state index is 12.2. The first kappa shape index (κ1) is 18.7. The average Bonchev–Trinajstić information content (AvgIpc) is 3.06. The van der Waals surface area contributed by atoms with Crippen LogP contribution in [0.2, 0.25) is 0 Å². The van der Waals surface area contributed by atoms with Crippen LogP contribution in [-0.4, -0.2) is 40.3 Å². The van der Waals surface area contributed by atoms with Crippen LogP contribution in [0.5, 0.6) is 0 Å². The fourth-order valence-electron chi connectivity index (χ4n) is 3.83. The zero-order valence-electron chi connectivity index (χ0n) is 15.2. The number of nitrogens with zero attached hydrogens (tertiary/aromatic N) is 1. The highest BCUT2D eigenvalue weighted by molar-refractivity contribution is 5.76. The normalized spacial score (nSPS) is 23.8. The van der Waals surface area contributed by atoms with Crippen LogP contribution in [0.3, 0.4) is 0 Å². The van der Waals surface area contributed by atoms with E-state index in [-0.39, 0.29) is 0 Å². The highest BCUT2D eigenvalue weighted by atomic mass is 16.4. The number of carbonyl (C=O) groups is 1. The number of hydrogen-bond donors (Lipinski definition) is 2. The molecule has 1 saturated heterocycles. The van der Waals surface area contributed by atoms with Crippen LogP contribution in [0.1, 0.15) is 36.8 Å². The van der Waals surface area contributed by atoms with Crippen molar-refractivity contribution in [2.24, 2.45) is 5.41 Å². The van der Waals surface area contributed by atoms with Crippen molar-refractivity contribution >= 4 is 5.97 Å². The molecule has 0 unspecified atom stereocenters. The van der Waals surface area contributed by atoms with E-state index in [9.17, 15) is 15.0 Å². The van der Waals surface area contributed by atoms with Gasteiger partial charge in [-0.15, -0.1) is 0 Å². The molecule has 5 heteroatoms. The minimum atomic E-state index is -1.20. The van der Waals surface area contributed by atoms with E-state index in [1.54, 1.807) is 0 Å². The molecule has 3 rings (SSSR count). The van der Waals surface area contributed by atoms with E-state index in [0.29, 0.717) is 32.5 Å². The number of piperidine rings is 1. The Labute approximate surface area is 154 Å². The molecule has 0 spiro atoms. The highest BCUT2D eigenvalue weighted by Gasteiger charge is 2.49. The summed E-state index contributed by atoms with van der Waals surface area (Å²) in [5.41, 5.74) is -0.266. The van der Waals surface area contributed by atoms with Gasteiger partial charge in [-0.25, -0.2) is 0 Å². The molecule has 2 N–H and O–H groups in total. The van der Waals surface area contributed by atoms with Crippen LogP contribution in [0.25, 0.3) is 0 Å². The van der Waals surface area contributed by atoms with Crippen LogP contribution in [-0.2, 0) is 24.2 Å². The first-order chi connectivity index (χ1) is 12.5. The molecule has 0 aliphatic carbocycles. The summed E-state index contributed by atoms with van der Waals surface area (Å²) in [6.45, 7) is 3.65. The van der Waals surface area contributed by atoms with Crippen LogP contribution >= 0.6 is 0 Å². The average molecular weight is 357 g/mol. The van der Waals surface area contributed by atoms with Gasteiger partial charge in [0.05, 0.1) is 12.6 Å². The van der Waals surface area contributed by atoms with Gasteiger partial charge in [-0.3, -0.25) is 9.69 Å². The summed E-state index contributed by atoms with van der Waals surface area (Å²) in [7, 11) is 0. The molecule has 0 amide bonds. The minimum Gasteiger partial charge on any atom is -0.481 e. The molecular weight excluding hydrogens is 330 g/mol. The smallest absolute Gasteiger partial charge is 0.313 e. The molecule has 0 bridgehead atoms. The molecule has 2 aromatic rings. The van der Waals surface area contributed by atoms with Crippen LogP contribution < -0.4 is 0 Å². The monoisotopic (exact) mass is 357 g/mol. The van der Waals surface area contributed by atoms with E-state index >= 15 is 0 Å². The Kier molecular flexibility index (Phi) is 5.79. The fourth-order valence-corrected chi connectivity index (χ4v) is 3.83. The van der Waals surface area contributed by atoms with E-state index in [1.807, 2.05) is 42.5 Å². The number of aryl methyl sites for hydroxylation is 1. The first-order valence-electron chi connectivity index (χ1n) is 9.29. The van der Waals surface area contributed by atoms with Crippen molar-refractivity contribution in [3.05, 3.63) is 59.5 Å². The Morgan fingerprint density at radius 1 is 1.23 bits per heavy atom. The van der Waals surface area contributed by atoms with Gasteiger partial charge in [0.25, 0.3) is 0 Å². The summed E-state index contributed by atoms with van der Waals surface area (Å²) in [6, 6.07) is 13.5. The molecule has 2 atom stereocenters. The van der Waals surface area contributed by atoms with Gasteiger partial charge in [0.15, 0.2) is 0 Å². The predicted molar refractivity (Wildman–Crippen MR) is 98.8 cm³/mol. The van der Waals surface area contributed by atoms with E-state index in [4.69, 9.17) is 4.42 Å². The third-order valence-corrected chi connectivity index (χ3v) is 5.24. The van der Waals surface area contributed by atoms with Crippen molar-refractivity contribution in [1.82, 2.24) is 4.90 Å². The lowest BCUT2D eigenvalue weighted by atomic mass is 9.73. The number of benzene rings is 1. The van der Waals surface area contributed by atoms with Crippen molar-refractivity contribution in [3.8, 4) is 0 Å². The van der Waals surface area contributed by atoms with E-state index < -0.39 is 17.5 Å². The van der Waals surface area contributed by atoms with Gasteiger partial charge in [0, 0.05) is 19.5 Å². The molecule has 1 aromatic heterocycles. The second kappa shape index (κ2) is 8.06. The second-order valence-corrected chi connectivity index (χ2v) is 7.26. The minimum absolute atomic E-state index is 0.308. The Morgan fingerprint density at radius 3 is 2.65 bits per heavy atom. The number of carboxylic acids is 1. The summed E-state index contributed by atoms with van der Waals surface area (Å²) in [5, 5.41) is 20.5. The molecule has 1 aliphatic heterocycles. The molecule has 140 valence electrons. The van der Waals surface area contributed by atoms with Crippen molar-refractivity contribution in [2.45, 2.75) is 45.3 Å². The molecule has 5 nitrogen and oxygen atoms in total. The van der Waals surface area contributed by atoms with Crippen LogP contribution in [0, 0.1) is 5.41 Å². The first-order valence-corrected chi connectivity index (χ1v) is 9.29. The molecule has 0 saturated carbocycles. The zero-order valence-corrected chi connectivity index (χ0v) is 15.2. The Balaban J connectivity index is 1.76. The van der Waals surface area contributed by atoms with Crippen LogP contribution in [0.15, 0.2) is 46.9 Å². The van der Waals surface area contributed by atoms with Crippen molar-refractivity contribution in [1.29, 1.82) is 0 Å². The summed E-state index contributed by atoms with van der Waals surface area (Å²) in [4.78, 5) is 14.2. The number of aliphatic carboxylic acids is 1. The number of furan rings is 1. The second-order valence-electron chi connectivity index (χ2n) is 7.26. The van der Waals surface area contributed by atoms with Gasteiger partial charge in [0.1, 0.15) is 16.9 Å². The quantitative estimate of drug-likeness (QED) is 0.796. The molecule has 0 radical (unpaired) electrons. The summed E-state index contributed by atoms with van der Waals surface area (Å²) >= 11 is 0. The van der Waals surface area contributed by atoms with Crippen molar-refractivity contribution < 1.29 is 19.4 Å². The van der Waals surface area contributed by atoms with Crippen molar-refractivity contribution in [2.75, 3.05) is 13.1 Å². The number of rotatable bonds is 7. The van der Waals surface area contributed by atoms with Gasteiger partial charge in [0.2, 0.25) is 0 Å². The lowest BCUT2D eigenvalue weighted by Crippen LogP contribution is -2.56. The number of carboxylic acid groups (broad SMARTS) is 1. The summed E-state index contributed by atoms with van der Waals surface area (Å²) < 4.78 is 5.85. The fraction of sp³-hybridized carbons (Fsp3) is 0.476. The molecule has 1 aliphatic rings. The topological polar surface area (TPSA) is 73.9 Å². The number of aliphatic hydroxyl groups is 1. The molecule has 1 fully saturated rings. The third kappa shape index (κ3) is 4.00. The standard InChI is InChI=1S/C21H27NO4/c1-2-6-17-9-10-18(26-17)14-22-12-11-19(23)21(15-22,20(24)25)13-16-7-4-3-5-8-16/h3-5,7-10,19,23H,2,6,11-15H2,1H3,(H,24,25)/t19-,21-/m0/s1. The van der Waals surface area contributed by atoms with E-state index in [1.165, 1.54) is 0 Å². The maximum atomic E-state index is 12.2. The lowest BCUT2D eigenvalue weighted by Gasteiger charge is -2.43. The molecule has 26 heavy (non-hydrogen) atoms. The van der Waals surface area contributed by atoms with Gasteiger partial charge in [-0.05, 0) is 37.0 Å². The Hall–Kier alpha value is -2.11. The molecular formula is C21H27NO4. The SMILES string of the molecule is CCCc1ccc(CN2CC[C@H](O)[C@@](Cc3ccccc3)(C(=O)O)C2)o1. The predicted octanol–water partition coefficient (Wildman–Crippen LogP) is 3.11. The summed E-state index contributed by atoms with van der Waals surface area (Å²) in [6.07, 6.45) is 1.85. The van der Waals surface area contributed by atoms with Crippen molar-refractivity contribution in [3.63, 3.8) is 0 Å². The van der Waals surface area contributed by atoms with Gasteiger partial charge in [-0.1, -0.05) is 37.3 Å². The third-order valence-electron chi connectivity index (χ3n) is 5.24. The number of aliphatic hydroxyl groups excluding tert-OH is 1. The highest BCUT2D eigenvalue weighted by Crippen LogP contribution is 2.35. The maximum Gasteiger partial charge on any atom is 0.313 e. The summed E-state index contributed by atoms with van der Waals surface area (Å²) in [5.74, 6) is 0.877. The zero-order chi connectivity index (χ0) is 18.6. The largest absolute Gasteiger partial charge is 0.481 e. The van der Waals surface area contributed by atoms with Gasteiger partial charge in [-0.2, -0.15) is 0 Å². The Bertz CT molecular complexity index is 727. The Morgan fingerprint density at radius 2 is 1.96 bits per heavy atom. The van der Waals surface area contributed by atoms with E-state index in [0.717, 1.165) is 29.9 Å². The number of hydrogen-bond acceptors (Lipinski definition) is 4. The number of likely N-dealkylation sites (tertiary alicyclic amines) is 1. The van der Waals surface area contributed by atoms with Gasteiger partial charge < -0.3 is 14.6 Å². The van der Waals surface area contributed by atoms with Gasteiger partial charge >= 0.3 is 5.97 Å². The molecule has 1 aromatic carbocycles. The molecule has 2 heterocycles.